The van der Waals surface area contributed by atoms with Crippen LogP contribution in [0.2, 0.25) is 0 Å². The van der Waals surface area contributed by atoms with E-state index >= 15 is 0 Å². The van der Waals surface area contributed by atoms with Crippen molar-refractivity contribution in [3.63, 3.8) is 0 Å². The van der Waals surface area contributed by atoms with Crippen molar-refractivity contribution in [1.82, 2.24) is 0 Å². The van der Waals surface area contributed by atoms with Crippen molar-refractivity contribution < 1.29 is 20.4 Å². The van der Waals surface area contributed by atoms with Gasteiger partial charge in [0.05, 0.1) is 0 Å². The second-order valence-corrected chi connectivity index (χ2v) is 31.6. The summed E-state index contributed by atoms with van der Waals surface area (Å²) in [6.45, 7) is 0. The van der Waals surface area contributed by atoms with E-state index in [-0.39, 0.29) is 52.1 Å². The Kier molecular flexibility index (Phi) is 31.0. The van der Waals surface area contributed by atoms with Crippen molar-refractivity contribution in [1.29, 1.82) is 0 Å². The van der Waals surface area contributed by atoms with Crippen LogP contribution in [0, 0.1) is 0 Å². The van der Waals surface area contributed by atoms with Gasteiger partial charge in [-0.2, -0.15) is 0 Å². The Morgan fingerprint density at radius 1 is 0.112 bits per heavy atom. The third-order valence-electron chi connectivity index (χ3n) is 15.0. The first-order chi connectivity index (χ1) is 43.6. The van der Waals surface area contributed by atoms with Crippen LogP contribution in [0.25, 0.3) is 0 Å². The summed E-state index contributed by atoms with van der Waals surface area (Å²) in [5, 5.41) is 0. The summed E-state index contributed by atoms with van der Waals surface area (Å²) in [5.74, 6) is 0. The quantitative estimate of drug-likeness (QED) is 0.0418. The molecule has 12 aromatic rings. The molecular formula is C84H84P4Pd. The molecule has 0 fully saturated rings. The van der Waals surface area contributed by atoms with E-state index < -0.39 is 0 Å². The average molecular weight is 1320 g/mol. The Balaban J connectivity index is 0.000000153. The van der Waals surface area contributed by atoms with Crippen molar-refractivity contribution in [3.8, 4) is 0 Å². The fraction of sp³-hybridized carbons (Fsp3) is 0.143. The third kappa shape index (κ3) is 26.9. The molecule has 0 heterocycles. The second kappa shape index (κ2) is 40.6. The van der Waals surface area contributed by atoms with Crippen LogP contribution in [-0.4, -0.2) is 0 Å². The minimum atomic E-state index is -0.0895. The van der Waals surface area contributed by atoms with Crippen LogP contribution in [0.5, 0.6) is 0 Å². The Hall–Kier alpha value is -6.98. The van der Waals surface area contributed by atoms with Gasteiger partial charge in [0.1, 0.15) is 0 Å². The van der Waals surface area contributed by atoms with Gasteiger partial charge in [0, 0.05) is 20.4 Å². The van der Waals surface area contributed by atoms with E-state index in [1.165, 1.54) is 141 Å². The van der Waals surface area contributed by atoms with Gasteiger partial charge in [-0.15, -0.1) is 0 Å². The Labute approximate surface area is 552 Å². The molecule has 0 saturated heterocycles. The zero-order valence-electron chi connectivity index (χ0n) is 51.2. The summed E-state index contributed by atoms with van der Waals surface area (Å²) in [7, 11) is -0.358. The molecule has 0 atom stereocenters. The van der Waals surface area contributed by atoms with E-state index in [9.17, 15) is 0 Å². The van der Waals surface area contributed by atoms with Gasteiger partial charge >= 0.3 is 0 Å². The van der Waals surface area contributed by atoms with Gasteiger partial charge in [0.15, 0.2) is 0 Å². The van der Waals surface area contributed by atoms with Crippen molar-refractivity contribution >= 4 is 31.7 Å². The molecular weight excluding hydrogens is 1240 g/mol. The van der Waals surface area contributed by atoms with E-state index in [4.69, 9.17) is 0 Å². The smallest absolute Gasteiger partial charge is 0 e. The standard InChI is InChI=1S/4C21H21P.Pd/c4*1-4-10-19(11-5-1)16-22(17-20-12-6-2-7-13-20)18-21-14-8-3-9-15-21;/h4*1-15H,16-18H2;. The fourth-order valence-corrected chi connectivity index (χ4v) is 20.8. The van der Waals surface area contributed by atoms with Crippen molar-refractivity contribution in [3.05, 3.63) is 431 Å². The molecule has 0 saturated carbocycles. The topological polar surface area (TPSA) is 0 Å². The van der Waals surface area contributed by atoms with Gasteiger partial charge in [-0.05, 0) is 141 Å². The second-order valence-electron chi connectivity index (χ2n) is 22.4. The molecule has 0 aliphatic heterocycles. The molecule has 12 aromatic carbocycles. The third-order valence-corrected chi connectivity index (χ3v) is 24.7. The van der Waals surface area contributed by atoms with Crippen LogP contribution in [0.15, 0.2) is 364 Å². The van der Waals surface area contributed by atoms with E-state index in [1.807, 2.05) is 0 Å². The molecule has 0 bridgehead atoms. The normalized spacial score (nSPS) is 10.7. The van der Waals surface area contributed by atoms with Gasteiger partial charge in [-0.25, -0.2) is 0 Å². The zero-order chi connectivity index (χ0) is 60.1. The predicted octanol–water partition coefficient (Wildman–Crippen LogP) is 24.3. The SMILES string of the molecule is [Pd].c1ccc(CP(Cc2ccccc2)Cc2ccccc2)cc1.c1ccc(CP(Cc2ccccc2)Cc2ccccc2)cc1.c1ccc(CP(Cc2ccccc2)Cc2ccccc2)cc1.c1ccc(CP(Cc2ccccc2)Cc2ccccc2)cc1. The molecule has 5 heteroatoms. The number of benzene rings is 12. The fourth-order valence-electron chi connectivity index (χ4n) is 10.8. The van der Waals surface area contributed by atoms with Crippen molar-refractivity contribution in [2.45, 2.75) is 73.9 Å². The Morgan fingerprint density at radius 2 is 0.180 bits per heavy atom. The van der Waals surface area contributed by atoms with E-state index in [2.05, 4.69) is 364 Å². The molecule has 0 spiro atoms. The van der Waals surface area contributed by atoms with Gasteiger partial charge in [0.25, 0.3) is 0 Å². The van der Waals surface area contributed by atoms with E-state index in [0.29, 0.717) is 0 Å². The van der Waals surface area contributed by atoms with Crippen molar-refractivity contribution in [2.75, 3.05) is 0 Å². The first-order valence-corrected chi connectivity index (χ1v) is 38.6. The van der Waals surface area contributed by atoms with E-state index in [1.54, 1.807) is 0 Å². The minimum absolute atomic E-state index is 0. The maximum atomic E-state index is 2.26. The number of hydrogen-bond donors (Lipinski definition) is 0. The number of rotatable bonds is 24. The summed E-state index contributed by atoms with van der Waals surface area (Å²) >= 11 is 0. The summed E-state index contributed by atoms with van der Waals surface area (Å²) in [6, 6.07) is 131. The van der Waals surface area contributed by atoms with Crippen LogP contribution in [0.4, 0.5) is 0 Å². The van der Waals surface area contributed by atoms with E-state index in [0.717, 1.165) is 0 Å². The molecule has 450 valence electrons. The van der Waals surface area contributed by atoms with Gasteiger partial charge in [-0.1, -0.05) is 396 Å². The summed E-state index contributed by atoms with van der Waals surface area (Å²) in [4.78, 5) is 0. The summed E-state index contributed by atoms with van der Waals surface area (Å²) < 4.78 is 0. The molecule has 0 nitrogen and oxygen atoms in total. The number of hydrogen-bond acceptors (Lipinski definition) is 0. The van der Waals surface area contributed by atoms with Gasteiger partial charge in [-0.3, -0.25) is 0 Å². The summed E-state index contributed by atoms with van der Waals surface area (Å²) in [6.07, 6.45) is 14.3. The van der Waals surface area contributed by atoms with Crippen LogP contribution in [0.3, 0.4) is 0 Å². The molecule has 0 unspecified atom stereocenters. The molecule has 0 aromatic heterocycles. The van der Waals surface area contributed by atoms with Gasteiger partial charge < -0.3 is 0 Å². The monoisotopic (exact) mass is 1320 g/mol. The van der Waals surface area contributed by atoms with Crippen LogP contribution in [0.1, 0.15) is 66.8 Å². The van der Waals surface area contributed by atoms with Crippen molar-refractivity contribution in [2.24, 2.45) is 0 Å². The molecule has 12 rings (SSSR count). The summed E-state index contributed by atoms with van der Waals surface area (Å²) in [5.41, 5.74) is 17.5. The maximum absolute atomic E-state index is 2.26. The average Bonchev–Trinajstić information content (AvgIpc) is 3.73. The maximum Gasteiger partial charge on any atom is 0 e. The molecule has 0 aliphatic rings. The molecule has 0 radical (unpaired) electrons. The molecule has 0 aliphatic carbocycles. The molecule has 0 amide bonds. The Bertz CT molecular complexity index is 2760. The first-order valence-electron chi connectivity index (χ1n) is 31.0. The predicted molar refractivity (Wildman–Crippen MR) is 389 cm³/mol. The minimum Gasteiger partial charge on any atom is -0.0932 e. The molecule has 0 N–H and O–H groups in total. The zero-order valence-corrected chi connectivity index (χ0v) is 56.4. The van der Waals surface area contributed by atoms with Crippen LogP contribution in [-0.2, 0) is 94.4 Å². The molecule has 89 heavy (non-hydrogen) atoms. The van der Waals surface area contributed by atoms with Crippen LogP contribution >= 0.6 is 31.7 Å². The van der Waals surface area contributed by atoms with Gasteiger partial charge in [0.2, 0.25) is 0 Å². The first kappa shape index (κ1) is 67.9. The van der Waals surface area contributed by atoms with Crippen LogP contribution < -0.4 is 0 Å². The Morgan fingerprint density at radius 3 is 0.247 bits per heavy atom. The largest absolute Gasteiger partial charge is 0.0932 e.